The molecule has 2 atom stereocenters. The van der Waals surface area contributed by atoms with Crippen molar-refractivity contribution in [1.29, 1.82) is 0 Å². The molecule has 3 heteroatoms. The molecule has 0 spiro atoms. The van der Waals surface area contributed by atoms with E-state index in [4.69, 9.17) is 0 Å². The van der Waals surface area contributed by atoms with Crippen LogP contribution in [0.4, 0.5) is 0 Å². The molecule has 1 aromatic rings. The van der Waals surface area contributed by atoms with Gasteiger partial charge in [0.25, 0.3) is 0 Å². The third-order valence-electron chi connectivity index (χ3n) is 3.51. The largest absolute Gasteiger partial charge is 0.316 e. The van der Waals surface area contributed by atoms with E-state index in [1.807, 2.05) is 19.2 Å². The highest BCUT2D eigenvalue weighted by Gasteiger charge is 2.31. The quantitative estimate of drug-likeness (QED) is 0.840. The molecule has 0 bridgehead atoms. The van der Waals surface area contributed by atoms with Gasteiger partial charge in [-0.2, -0.15) is 0 Å². The summed E-state index contributed by atoms with van der Waals surface area (Å²) in [5.74, 6) is 2.24. The zero-order valence-corrected chi connectivity index (χ0v) is 11.4. The minimum Gasteiger partial charge on any atom is -0.316 e. The molecule has 1 aliphatic rings. The molecule has 2 unspecified atom stereocenters. The lowest BCUT2D eigenvalue weighted by atomic mass is 10.1. The SMILES string of the molecule is CNC(CS(=O)Cc1ccccc1C)C1CC1. The summed E-state index contributed by atoms with van der Waals surface area (Å²) in [6.07, 6.45) is 2.60. The Kier molecular flexibility index (Phi) is 4.35. The van der Waals surface area contributed by atoms with Crippen LogP contribution in [0.1, 0.15) is 24.0 Å². The van der Waals surface area contributed by atoms with Gasteiger partial charge in [-0.05, 0) is 43.9 Å². The van der Waals surface area contributed by atoms with Crippen LogP contribution in [0.5, 0.6) is 0 Å². The molecule has 1 aromatic carbocycles. The lowest BCUT2D eigenvalue weighted by Gasteiger charge is -2.15. The highest BCUT2D eigenvalue weighted by atomic mass is 32.2. The Bertz CT molecular complexity index is 401. The number of nitrogens with one attached hydrogen (secondary N) is 1. The fraction of sp³-hybridized carbons (Fsp3) is 0.571. The maximum Gasteiger partial charge on any atom is 0.0488 e. The smallest absolute Gasteiger partial charge is 0.0488 e. The predicted octanol–water partition coefficient (Wildman–Crippen LogP) is 2.24. The van der Waals surface area contributed by atoms with E-state index in [1.165, 1.54) is 24.0 Å². The summed E-state index contributed by atoms with van der Waals surface area (Å²) in [5, 5.41) is 3.30. The molecule has 2 rings (SSSR count). The zero-order valence-electron chi connectivity index (χ0n) is 10.6. The van der Waals surface area contributed by atoms with Crippen LogP contribution in [0.2, 0.25) is 0 Å². The van der Waals surface area contributed by atoms with E-state index in [2.05, 4.69) is 24.4 Å². The van der Waals surface area contributed by atoms with Gasteiger partial charge in [-0.25, -0.2) is 0 Å². The van der Waals surface area contributed by atoms with Gasteiger partial charge in [0.2, 0.25) is 0 Å². The molecule has 1 aliphatic carbocycles. The van der Waals surface area contributed by atoms with Gasteiger partial charge in [0.1, 0.15) is 0 Å². The summed E-state index contributed by atoms with van der Waals surface area (Å²) in [7, 11) is 1.23. The first-order valence-corrected chi connectivity index (χ1v) is 7.76. The fourth-order valence-corrected chi connectivity index (χ4v) is 3.79. The van der Waals surface area contributed by atoms with Crippen LogP contribution in [0.3, 0.4) is 0 Å². The van der Waals surface area contributed by atoms with Crippen LogP contribution in [0, 0.1) is 12.8 Å². The van der Waals surface area contributed by atoms with Crippen molar-refractivity contribution in [3.05, 3.63) is 35.4 Å². The number of aryl methyl sites for hydroxylation is 1. The Labute approximate surface area is 106 Å². The van der Waals surface area contributed by atoms with Crippen molar-refractivity contribution >= 4 is 10.8 Å². The molecule has 1 N–H and O–H groups in total. The molecular formula is C14H21NOS. The predicted molar refractivity (Wildman–Crippen MR) is 73.5 cm³/mol. The third kappa shape index (κ3) is 3.65. The lowest BCUT2D eigenvalue weighted by Crippen LogP contribution is -2.33. The van der Waals surface area contributed by atoms with Crippen LogP contribution in [-0.4, -0.2) is 23.1 Å². The summed E-state index contributed by atoms with van der Waals surface area (Å²) < 4.78 is 12.1. The summed E-state index contributed by atoms with van der Waals surface area (Å²) >= 11 is 0. The van der Waals surface area contributed by atoms with Gasteiger partial charge < -0.3 is 5.32 Å². The molecule has 0 amide bonds. The van der Waals surface area contributed by atoms with E-state index in [9.17, 15) is 4.21 Å². The summed E-state index contributed by atoms with van der Waals surface area (Å²) in [5.41, 5.74) is 2.46. The van der Waals surface area contributed by atoms with Gasteiger partial charge in [0.05, 0.1) is 0 Å². The van der Waals surface area contributed by atoms with Crippen molar-refractivity contribution in [2.75, 3.05) is 12.8 Å². The number of rotatable bonds is 6. The van der Waals surface area contributed by atoms with Crippen molar-refractivity contribution < 1.29 is 4.21 Å². The molecule has 17 heavy (non-hydrogen) atoms. The molecule has 0 aromatic heterocycles. The Morgan fingerprint density at radius 3 is 2.71 bits per heavy atom. The van der Waals surface area contributed by atoms with Crippen LogP contribution >= 0.6 is 0 Å². The van der Waals surface area contributed by atoms with E-state index >= 15 is 0 Å². The normalized spacial score (nSPS) is 18.9. The van der Waals surface area contributed by atoms with E-state index < -0.39 is 10.8 Å². The second-order valence-electron chi connectivity index (χ2n) is 4.91. The Morgan fingerprint density at radius 2 is 2.12 bits per heavy atom. The minimum absolute atomic E-state index is 0.444. The zero-order chi connectivity index (χ0) is 12.3. The van der Waals surface area contributed by atoms with E-state index in [-0.39, 0.29) is 0 Å². The van der Waals surface area contributed by atoms with Gasteiger partial charge in [-0.15, -0.1) is 0 Å². The lowest BCUT2D eigenvalue weighted by molar-refractivity contribution is 0.546. The van der Waals surface area contributed by atoms with Crippen LogP contribution < -0.4 is 5.32 Å². The topological polar surface area (TPSA) is 29.1 Å². The van der Waals surface area contributed by atoms with Crippen molar-refractivity contribution in [3.8, 4) is 0 Å². The summed E-state index contributed by atoms with van der Waals surface area (Å²) in [6, 6.07) is 8.67. The first kappa shape index (κ1) is 12.8. The molecular weight excluding hydrogens is 230 g/mol. The average molecular weight is 251 g/mol. The second-order valence-corrected chi connectivity index (χ2v) is 6.41. The first-order chi connectivity index (χ1) is 8.20. The van der Waals surface area contributed by atoms with Crippen LogP contribution in [0.25, 0.3) is 0 Å². The fourth-order valence-electron chi connectivity index (χ4n) is 2.16. The highest BCUT2D eigenvalue weighted by Crippen LogP contribution is 2.33. The third-order valence-corrected chi connectivity index (χ3v) is 4.87. The molecule has 1 fully saturated rings. The van der Waals surface area contributed by atoms with Crippen molar-refractivity contribution in [3.63, 3.8) is 0 Å². The minimum atomic E-state index is -0.754. The first-order valence-electron chi connectivity index (χ1n) is 6.27. The average Bonchev–Trinajstić information content (AvgIpc) is 3.13. The van der Waals surface area contributed by atoms with Crippen LogP contribution in [-0.2, 0) is 16.6 Å². The Hall–Kier alpha value is -0.670. The Balaban J connectivity index is 1.90. The maximum absolute atomic E-state index is 12.1. The van der Waals surface area contributed by atoms with Gasteiger partial charge in [-0.1, -0.05) is 24.3 Å². The summed E-state index contributed by atoms with van der Waals surface area (Å²) in [6.45, 7) is 2.09. The standard InChI is InChI=1S/C14H21NOS/c1-11-5-3-4-6-13(11)9-17(16)10-14(15-2)12-7-8-12/h3-6,12,14-15H,7-10H2,1-2H3. The molecule has 0 saturated heterocycles. The molecule has 2 nitrogen and oxygen atoms in total. The van der Waals surface area contributed by atoms with Gasteiger partial charge in [0.15, 0.2) is 0 Å². The van der Waals surface area contributed by atoms with Crippen LogP contribution in [0.15, 0.2) is 24.3 Å². The number of benzene rings is 1. The van der Waals surface area contributed by atoms with E-state index in [1.54, 1.807) is 0 Å². The number of hydrogen-bond acceptors (Lipinski definition) is 2. The van der Waals surface area contributed by atoms with Gasteiger partial charge in [-0.3, -0.25) is 4.21 Å². The highest BCUT2D eigenvalue weighted by molar-refractivity contribution is 7.84. The monoisotopic (exact) mass is 251 g/mol. The van der Waals surface area contributed by atoms with Gasteiger partial charge >= 0.3 is 0 Å². The number of hydrogen-bond donors (Lipinski definition) is 1. The maximum atomic E-state index is 12.1. The van der Waals surface area contributed by atoms with E-state index in [0.29, 0.717) is 11.8 Å². The van der Waals surface area contributed by atoms with Crippen molar-refractivity contribution in [1.82, 2.24) is 5.32 Å². The van der Waals surface area contributed by atoms with Crippen molar-refractivity contribution in [2.24, 2.45) is 5.92 Å². The molecule has 94 valence electrons. The molecule has 1 saturated carbocycles. The second kappa shape index (κ2) is 5.78. The molecule has 0 heterocycles. The van der Waals surface area contributed by atoms with Gasteiger partial charge in [0, 0.05) is 28.3 Å². The van der Waals surface area contributed by atoms with E-state index in [0.717, 1.165) is 11.7 Å². The van der Waals surface area contributed by atoms with Crippen molar-refractivity contribution in [2.45, 2.75) is 31.6 Å². The molecule has 0 radical (unpaired) electrons. The Morgan fingerprint density at radius 1 is 1.41 bits per heavy atom. The molecule has 0 aliphatic heterocycles. The summed E-state index contributed by atoms with van der Waals surface area (Å²) in [4.78, 5) is 0.